The summed E-state index contributed by atoms with van der Waals surface area (Å²) < 4.78 is 10.4. The number of ether oxygens (including phenoxy) is 2. The summed E-state index contributed by atoms with van der Waals surface area (Å²) in [6.45, 7) is 7.14. The summed E-state index contributed by atoms with van der Waals surface area (Å²) in [5, 5.41) is 5.58. The highest BCUT2D eigenvalue weighted by molar-refractivity contribution is 5.97. The van der Waals surface area contributed by atoms with Crippen LogP contribution in [0.2, 0.25) is 0 Å². The molecule has 1 aromatic carbocycles. The van der Waals surface area contributed by atoms with Crippen LogP contribution in [-0.2, 0) is 4.79 Å². The lowest BCUT2D eigenvalue weighted by molar-refractivity contribution is -0.120. The SMILES string of the molecule is COc1ccc(C(=O)NCC(=O)NCC2CCCN(C(C)C)C2)cc1OC. The van der Waals surface area contributed by atoms with Crippen LogP contribution in [0.5, 0.6) is 11.5 Å². The molecule has 27 heavy (non-hydrogen) atoms. The van der Waals surface area contributed by atoms with Crippen LogP contribution in [0.3, 0.4) is 0 Å². The van der Waals surface area contributed by atoms with E-state index in [2.05, 4.69) is 29.4 Å². The van der Waals surface area contributed by atoms with Crippen molar-refractivity contribution >= 4 is 11.8 Å². The highest BCUT2D eigenvalue weighted by atomic mass is 16.5. The second kappa shape index (κ2) is 10.2. The Morgan fingerprint density at radius 1 is 1.19 bits per heavy atom. The zero-order valence-corrected chi connectivity index (χ0v) is 16.7. The van der Waals surface area contributed by atoms with Gasteiger partial charge in [0.1, 0.15) is 0 Å². The molecule has 2 N–H and O–H groups in total. The summed E-state index contributed by atoms with van der Waals surface area (Å²) in [5.41, 5.74) is 0.417. The standard InChI is InChI=1S/C20H31N3O4/c1-14(2)23-9-5-6-15(13-23)11-21-19(24)12-22-20(25)16-7-8-17(26-3)18(10-16)27-4/h7-8,10,14-15H,5-6,9,11-13H2,1-4H3,(H,21,24)(H,22,25). The molecule has 0 aliphatic carbocycles. The van der Waals surface area contributed by atoms with Crippen molar-refractivity contribution in [3.63, 3.8) is 0 Å². The summed E-state index contributed by atoms with van der Waals surface area (Å²) in [5.74, 6) is 0.989. The summed E-state index contributed by atoms with van der Waals surface area (Å²) in [6, 6.07) is 5.42. The Balaban J connectivity index is 1.77. The van der Waals surface area contributed by atoms with Gasteiger partial charge in [-0.1, -0.05) is 0 Å². The van der Waals surface area contributed by atoms with Crippen molar-refractivity contribution in [1.82, 2.24) is 15.5 Å². The van der Waals surface area contributed by atoms with Crippen LogP contribution < -0.4 is 20.1 Å². The number of hydrogen-bond acceptors (Lipinski definition) is 5. The van der Waals surface area contributed by atoms with Gasteiger partial charge < -0.3 is 25.0 Å². The van der Waals surface area contributed by atoms with Gasteiger partial charge in [0.2, 0.25) is 5.91 Å². The van der Waals surface area contributed by atoms with Crippen molar-refractivity contribution in [1.29, 1.82) is 0 Å². The van der Waals surface area contributed by atoms with E-state index in [1.807, 2.05) is 0 Å². The van der Waals surface area contributed by atoms with Gasteiger partial charge in [0.05, 0.1) is 20.8 Å². The third-order valence-corrected chi connectivity index (χ3v) is 4.92. The zero-order valence-electron chi connectivity index (χ0n) is 16.7. The molecule has 7 heteroatoms. The van der Waals surface area contributed by atoms with Gasteiger partial charge in [-0.15, -0.1) is 0 Å². The Kier molecular flexibility index (Phi) is 7.91. The molecular weight excluding hydrogens is 346 g/mol. The molecule has 0 radical (unpaired) electrons. The number of carbonyl (C=O) groups excluding carboxylic acids is 2. The topological polar surface area (TPSA) is 79.9 Å². The number of amides is 2. The van der Waals surface area contributed by atoms with Gasteiger partial charge in [0, 0.05) is 24.7 Å². The van der Waals surface area contributed by atoms with Crippen LogP contribution in [0, 0.1) is 5.92 Å². The lowest BCUT2D eigenvalue weighted by Crippen LogP contribution is -2.45. The van der Waals surface area contributed by atoms with Gasteiger partial charge in [0.15, 0.2) is 11.5 Å². The molecule has 1 fully saturated rings. The molecule has 0 saturated carbocycles. The van der Waals surface area contributed by atoms with Crippen molar-refractivity contribution in [2.45, 2.75) is 32.7 Å². The molecule has 1 heterocycles. The molecule has 7 nitrogen and oxygen atoms in total. The maximum absolute atomic E-state index is 12.2. The van der Waals surface area contributed by atoms with E-state index in [0.29, 0.717) is 35.6 Å². The van der Waals surface area contributed by atoms with Crippen LogP contribution in [-0.4, -0.2) is 63.2 Å². The average Bonchev–Trinajstić information content (AvgIpc) is 2.69. The van der Waals surface area contributed by atoms with E-state index in [4.69, 9.17) is 9.47 Å². The van der Waals surface area contributed by atoms with Crippen molar-refractivity contribution in [2.24, 2.45) is 5.92 Å². The average molecular weight is 377 g/mol. The lowest BCUT2D eigenvalue weighted by Gasteiger charge is -2.35. The Labute approximate surface area is 161 Å². The number of benzene rings is 1. The van der Waals surface area contributed by atoms with E-state index >= 15 is 0 Å². The number of carbonyl (C=O) groups is 2. The number of nitrogens with one attached hydrogen (secondary N) is 2. The summed E-state index contributed by atoms with van der Waals surface area (Å²) in [4.78, 5) is 26.8. The van der Waals surface area contributed by atoms with Crippen LogP contribution >= 0.6 is 0 Å². The van der Waals surface area contributed by atoms with Gasteiger partial charge in [-0.25, -0.2) is 0 Å². The van der Waals surface area contributed by atoms with Gasteiger partial charge >= 0.3 is 0 Å². The fourth-order valence-electron chi connectivity index (χ4n) is 3.29. The van der Waals surface area contributed by atoms with E-state index in [9.17, 15) is 9.59 Å². The molecule has 1 aliphatic rings. The molecule has 2 amide bonds. The predicted octanol–water partition coefficient (Wildman–Crippen LogP) is 1.67. The molecule has 1 aliphatic heterocycles. The fourth-order valence-corrected chi connectivity index (χ4v) is 3.29. The molecule has 1 unspecified atom stereocenters. The highest BCUT2D eigenvalue weighted by Crippen LogP contribution is 2.27. The van der Waals surface area contributed by atoms with Gasteiger partial charge in [-0.3, -0.25) is 9.59 Å². The summed E-state index contributed by atoms with van der Waals surface area (Å²) >= 11 is 0. The van der Waals surface area contributed by atoms with Crippen LogP contribution in [0.25, 0.3) is 0 Å². The molecular formula is C20H31N3O4. The molecule has 0 aromatic heterocycles. The Morgan fingerprint density at radius 2 is 1.93 bits per heavy atom. The van der Waals surface area contributed by atoms with Gasteiger partial charge in [-0.2, -0.15) is 0 Å². The zero-order chi connectivity index (χ0) is 19.8. The number of piperidine rings is 1. The first-order valence-electron chi connectivity index (χ1n) is 9.45. The Bertz CT molecular complexity index is 648. The fraction of sp³-hybridized carbons (Fsp3) is 0.600. The molecule has 150 valence electrons. The van der Waals surface area contributed by atoms with Crippen molar-refractivity contribution in [3.8, 4) is 11.5 Å². The smallest absolute Gasteiger partial charge is 0.251 e. The van der Waals surface area contributed by atoms with E-state index in [1.165, 1.54) is 14.2 Å². The number of nitrogens with zero attached hydrogens (tertiary/aromatic N) is 1. The molecule has 1 saturated heterocycles. The highest BCUT2D eigenvalue weighted by Gasteiger charge is 2.22. The van der Waals surface area contributed by atoms with Crippen LogP contribution in [0.4, 0.5) is 0 Å². The third-order valence-electron chi connectivity index (χ3n) is 4.92. The minimum atomic E-state index is -0.324. The predicted molar refractivity (Wildman–Crippen MR) is 104 cm³/mol. The van der Waals surface area contributed by atoms with Crippen LogP contribution in [0.1, 0.15) is 37.0 Å². The van der Waals surface area contributed by atoms with Crippen LogP contribution in [0.15, 0.2) is 18.2 Å². The first-order chi connectivity index (χ1) is 12.9. The van der Waals surface area contributed by atoms with Gasteiger partial charge in [0.25, 0.3) is 5.91 Å². The normalized spacial score (nSPS) is 17.4. The maximum atomic E-state index is 12.2. The van der Waals surface area contributed by atoms with Crippen molar-refractivity contribution < 1.29 is 19.1 Å². The van der Waals surface area contributed by atoms with Crippen molar-refractivity contribution in [2.75, 3.05) is 40.4 Å². The monoisotopic (exact) mass is 377 g/mol. The minimum absolute atomic E-state index is 0.0478. The van der Waals surface area contributed by atoms with E-state index < -0.39 is 0 Å². The third kappa shape index (κ3) is 6.13. The van der Waals surface area contributed by atoms with E-state index in [1.54, 1.807) is 18.2 Å². The quantitative estimate of drug-likeness (QED) is 0.720. The molecule has 1 aromatic rings. The lowest BCUT2D eigenvalue weighted by atomic mass is 9.97. The summed E-state index contributed by atoms with van der Waals surface area (Å²) in [6.07, 6.45) is 2.29. The first kappa shape index (κ1) is 21.0. The van der Waals surface area contributed by atoms with E-state index in [0.717, 1.165) is 25.9 Å². The number of hydrogen-bond donors (Lipinski definition) is 2. The molecule has 1 atom stereocenters. The van der Waals surface area contributed by atoms with E-state index in [-0.39, 0.29) is 18.4 Å². The first-order valence-corrected chi connectivity index (χ1v) is 9.45. The maximum Gasteiger partial charge on any atom is 0.251 e. The Morgan fingerprint density at radius 3 is 2.59 bits per heavy atom. The minimum Gasteiger partial charge on any atom is -0.493 e. The Hall–Kier alpha value is -2.28. The molecule has 2 rings (SSSR count). The molecule has 0 spiro atoms. The second-order valence-corrected chi connectivity index (χ2v) is 7.15. The number of likely N-dealkylation sites (tertiary alicyclic amines) is 1. The second-order valence-electron chi connectivity index (χ2n) is 7.15. The molecule has 0 bridgehead atoms. The van der Waals surface area contributed by atoms with Gasteiger partial charge in [-0.05, 0) is 57.4 Å². The largest absolute Gasteiger partial charge is 0.493 e. The number of methoxy groups -OCH3 is 2. The van der Waals surface area contributed by atoms with Crippen molar-refractivity contribution in [3.05, 3.63) is 23.8 Å². The summed E-state index contributed by atoms with van der Waals surface area (Å²) in [7, 11) is 3.05. The number of rotatable bonds is 8.